The summed E-state index contributed by atoms with van der Waals surface area (Å²) in [5, 5.41) is 12.0. The van der Waals surface area contributed by atoms with Crippen LogP contribution in [-0.4, -0.2) is 113 Å². The van der Waals surface area contributed by atoms with E-state index in [4.69, 9.17) is 18.9 Å². The predicted octanol–water partition coefficient (Wildman–Crippen LogP) is 4.60. The molecular weight excluding hydrogens is 624 g/mol. The van der Waals surface area contributed by atoms with Gasteiger partial charge in [-0.3, -0.25) is 0 Å². The Kier molecular flexibility index (Phi) is 10.6. The van der Waals surface area contributed by atoms with Crippen molar-refractivity contribution in [1.29, 1.82) is 0 Å². The first kappa shape index (κ1) is 33.7. The van der Waals surface area contributed by atoms with E-state index in [0.29, 0.717) is 25.2 Å². The van der Waals surface area contributed by atoms with Gasteiger partial charge in [0.25, 0.3) is 0 Å². The number of phenolic OH excluding ortho intramolecular Hbond substituents is 1. The van der Waals surface area contributed by atoms with Crippen molar-refractivity contribution in [3.8, 4) is 17.2 Å². The minimum absolute atomic E-state index is 0. The van der Waals surface area contributed by atoms with Gasteiger partial charge in [-0.2, -0.15) is 0 Å². The lowest BCUT2D eigenvalue weighted by atomic mass is 10.1. The molecule has 5 aromatic rings. The Labute approximate surface area is 288 Å². The molecule has 0 bridgehead atoms. The molecule has 0 radical (unpaired) electrons. The summed E-state index contributed by atoms with van der Waals surface area (Å²) >= 11 is 0. The number of aromatic hydroxyl groups is 1. The minimum Gasteiger partial charge on any atom is -0.507 e. The fraction of sp³-hybridized carbons (Fsp3) is 0.389. The molecule has 0 amide bonds. The average molecular weight is 671 g/mol. The molecule has 2 aromatic heterocycles. The van der Waals surface area contributed by atoms with Gasteiger partial charge in [0, 0.05) is 79.3 Å². The average Bonchev–Trinajstić information content (AvgIpc) is 3.14. The lowest BCUT2D eigenvalue weighted by Gasteiger charge is -2.29. The number of nitrogens with zero attached hydrogens (tertiary/aromatic N) is 8. The molecule has 0 saturated carbocycles. The van der Waals surface area contributed by atoms with Crippen LogP contribution in [0.15, 0.2) is 61.2 Å². The molecule has 0 atom stereocenters. The molecule has 49 heavy (non-hydrogen) atoms. The number of ether oxygens (including phenoxy) is 4. The monoisotopic (exact) mass is 670 g/mol. The topological polar surface area (TPSA) is 122 Å². The SMILES string of the molecule is CN(C)c1ncnc2cc(N3CCOCC3)cc(O)c12.COc1ccc(COc2cc(N3CCOCC3)cc3ncnc(N(C)C)c23)cc1.[HH]. The summed E-state index contributed by atoms with van der Waals surface area (Å²) in [5.74, 6) is 3.39. The number of rotatable bonds is 8. The molecule has 2 aliphatic heterocycles. The summed E-state index contributed by atoms with van der Waals surface area (Å²) in [5.41, 5.74) is 4.76. The van der Waals surface area contributed by atoms with Crippen LogP contribution in [0.3, 0.4) is 0 Å². The number of anilines is 4. The van der Waals surface area contributed by atoms with Gasteiger partial charge in [-0.15, -0.1) is 0 Å². The van der Waals surface area contributed by atoms with E-state index in [1.807, 2.05) is 68.3 Å². The van der Waals surface area contributed by atoms with E-state index in [9.17, 15) is 5.11 Å². The quantitative estimate of drug-likeness (QED) is 0.248. The third-order valence-electron chi connectivity index (χ3n) is 8.50. The van der Waals surface area contributed by atoms with Gasteiger partial charge in [-0.25, -0.2) is 19.9 Å². The molecule has 1 N–H and O–H groups in total. The highest BCUT2D eigenvalue weighted by Crippen LogP contribution is 2.37. The molecule has 2 fully saturated rings. The molecule has 7 rings (SSSR count). The summed E-state index contributed by atoms with van der Waals surface area (Å²) in [6.07, 6.45) is 3.13. The fourth-order valence-corrected chi connectivity index (χ4v) is 5.95. The third kappa shape index (κ3) is 7.79. The molecule has 0 spiro atoms. The highest BCUT2D eigenvalue weighted by Gasteiger charge is 2.19. The van der Waals surface area contributed by atoms with E-state index < -0.39 is 0 Å². The normalized spacial score (nSPS) is 14.7. The first-order chi connectivity index (χ1) is 23.8. The van der Waals surface area contributed by atoms with Crippen LogP contribution < -0.4 is 29.1 Å². The second-order valence-electron chi connectivity index (χ2n) is 12.2. The number of aromatic nitrogens is 4. The highest BCUT2D eigenvalue weighted by molar-refractivity contribution is 5.98. The van der Waals surface area contributed by atoms with Crippen molar-refractivity contribution < 1.29 is 25.5 Å². The van der Waals surface area contributed by atoms with Crippen LogP contribution in [0.1, 0.15) is 6.99 Å². The Morgan fingerprint density at radius 3 is 1.76 bits per heavy atom. The maximum atomic E-state index is 10.3. The molecule has 0 aliphatic carbocycles. The molecule has 260 valence electrons. The number of phenols is 1. The molecular formula is C36H46N8O5. The molecule has 0 unspecified atom stereocenters. The van der Waals surface area contributed by atoms with Crippen molar-refractivity contribution in [3.63, 3.8) is 0 Å². The van der Waals surface area contributed by atoms with Gasteiger partial charge in [0.05, 0.1) is 55.3 Å². The van der Waals surface area contributed by atoms with Gasteiger partial charge < -0.3 is 43.7 Å². The molecule has 4 heterocycles. The Morgan fingerprint density at radius 2 is 1.22 bits per heavy atom. The van der Waals surface area contributed by atoms with Crippen LogP contribution in [0.25, 0.3) is 21.8 Å². The van der Waals surface area contributed by atoms with Crippen molar-refractivity contribution >= 4 is 44.8 Å². The number of methoxy groups -OCH3 is 1. The van der Waals surface area contributed by atoms with Crippen LogP contribution >= 0.6 is 0 Å². The third-order valence-corrected chi connectivity index (χ3v) is 8.50. The Hall–Kier alpha value is -5.14. The smallest absolute Gasteiger partial charge is 0.143 e. The molecule has 13 heteroatoms. The zero-order valence-corrected chi connectivity index (χ0v) is 28.8. The summed E-state index contributed by atoms with van der Waals surface area (Å²) in [4.78, 5) is 25.9. The number of hydrogen-bond acceptors (Lipinski definition) is 13. The van der Waals surface area contributed by atoms with Crippen molar-refractivity contribution in [2.24, 2.45) is 0 Å². The zero-order chi connectivity index (χ0) is 34.3. The van der Waals surface area contributed by atoms with Crippen molar-refractivity contribution in [2.45, 2.75) is 6.61 Å². The summed E-state index contributed by atoms with van der Waals surface area (Å²) < 4.78 is 22.4. The first-order valence-corrected chi connectivity index (χ1v) is 16.3. The zero-order valence-electron chi connectivity index (χ0n) is 28.8. The van der Waals surface area contributed by atoms with Crippen molar-refractivity contribution in [1.82, 2.24) is 19.9 Å². The molecule has 3 aromatic carbocycles. The van der Waals surface area contributed by atoms with E-state index in [1.165, 1.54) is 6.33 Å². The van der Waals surface area contributed by atoms with Crippen molar-refractivity contribution in [3.05, 3.63) is 66.7 Å². The lowest BCUT2D eigenvalue weighted by Crippen LogP contribution is -2.36. The lowest BCUT2D eigenvalue weighted by molar-refractivity contribution is 0.122. The number of fused-ring (bicyclic) bond motifs is 2. The summed E-state index contributed by atoms with van der Waals surface area (Å²) in [6, 6.07) is 15.9. The largest absolute Gasteiger partial charge is 0.507 e. The van der Waals surface area contributed by atoms with Gasteiger partial charge in [0.15, 0.2) is 0 Å². The van der Waals surface area contributed by atoms with Gasteiger partial charge in [0.1, 0.15) is 48.1 Å². The van der Waals surface area contributed by atoms with Crippen LogP contribution in [0, 0.1) is 0 Å². The van der Waals surface area contributed by atoms with Gasteiger partial charge >= 0.3 is 0 Å². The number of morpholine rings is 2. The van der Waals surface area contributed by atoms with E-state index in [0.717, 1.165) is 95.9 Å². The molecule has 2 saturated heterocycles. The van der Waals surface area contributed by atoms with Crippen LogP contribution in [-0.2, 0) is 16.1 Å². The van der Waals surface area contributed by atoms with Gasteiger partial charge in [0.2, 0.25) is 0 Å². The predicted molar refractivity (Wildman–Crippen MR) is 195 cm³/mol. The Bertz CT molecular complexity index is 1870. The highest BCUT2D eigenvalue weighted by atomic mass is 16.5. The van der Waals surface area contributed by atoms with Crippen LogP contribution in [0.4, 0.5) is 23.0 Å². The second kappa shape index (κ2) is 15.4. The Morgan fingerprint density at radius 1 is 0.714 bits per heavy atom. The number of hydrogen-bond donors (Lipinski definition) is 1. The standard InChI is InChI=1S/C22H26N4O3.C14H18N4O2.H2/c1-25(2)22-21-19(23-15-24-22)12-17(26-8-10-28-11-9-26)13-20(21)29-14-16-4-6-18(27-3)7-5-16;1-17(2)14-13-11(15-9-16-14)7-10(8-12(13)19)18-3-5-20-6-4-18;/h4-7,12-13,15H,8-11,14H2,1-3H3;7-9,19H,3-6H2,1-2H3;1H. The van der Waals surface area contributed by atoms with Crippen LogP contribution in [0.2, 0.25) is 0 Å². The fourth-order valence-electron chi connectivity index (χ4n) is 5.95. The van der Waals surface area contributed by atoms with E-state index >= 15 is 0 Å². The summed E-state index contributed by atoms with van der Waals surface area (Å²) in [7, 11) is 9.42. The van der Waals surface area contributed by atoms with Gasteiger partial charge in [-0.05, 0) is 29.8 Å². The first-order valence-electron chi connectivity index (χ1n) is 16.3. The maximum absolute atomic E-state index is 10.3. The Balaban J connectivity index is 0.000000203. The van der Waals surface area contributed by atoms with Gasteiger partial charge in [-0.1, -0.05) is 12.1 Å². The number of benzene rings is 3. The summed E-state index contributed by atoms with van der Waals surface area (Å²) in [6.45, 7) is 6.71. The minimum atomic E-state index is 0. The second-order valence-corrected chi connectivity index (χ2v) is 12.2. The van der Waals surface area contributed by atoms with Crippen LogP contribution in [0.5, 0.6) is 17.2 Å². The van der Waals surface area contributed by atoms with Crippen molar-refractivity contribution in [2.75, 3.05) is 108 Å². The van der Waals surface area contributed by atoms with E-state index in [2.05, 4.69) is 41.9 Å². The molecule has 2 aliphatic rings. The van der Waals surface area contributed by atoms with E-state index in [1.54, 1.807) is 19.5 Å². The maximum Gasteiger partial charge on any atom is 0.143 e. The van der Waals surface area contributed by atoms with E-state index in [-0.39, 0.29) is 7.18 Å². The molecule has 13 nitrogen and oxygen atoms in total.